The van der Waals surface area contributed by atoms with Crippen LogP contribution in [0.2, 0.25) is 0 Å². The van der Waals surface area contributed by atoms with E-state index < -0.39 is 21.7 Å². The second kappa shape index (κ2) is 6.51. The van der Waals surface area contributed by atoms with Crippen molar-refractivity contribution >= 4 is 27.7 Å². The van der Waals surface area contributed by atoms with Gasteiger partial charge in [-0.25, -0.2) is 10.0 Å². The number of carbonyl (C=O) groups excluding carboxylic acids is 2. The molecule has 7 nitrogen and oxygen atoms in total. The zero-order valence-corrected chi connectivity index (χ0v) is 18.2. The molecular formula is C19H32N4O3S. The summed E-state index contributed by atoms with van der Waals surface area (Å²) in [6.07, 6.45) is 9.07. The number of carbonyl (C=O) groups is 2. The molecule has 0 radical (unpaired) electrons. The van der Waals surface area contributed by atoms with Gasteiger partial charge >= 0.3 is 0 Å². The predicted octanol–water partition coefficient (Wildman–Crippen LogP) is 2.58. The van der Waals surface area contributed by atoms with E-state index in [-0.39, 0.29) is 16.6 Å². The molecule has 8 heteroatoms. The van der Waals surface area contributed by atoms with Crippen molar-refractivity contribution in [3.8, 4) is 0 Å². The Balaban J connectivity index is 1.85. The van der Waals surface area contributed by atoms with Crippen molar-refractivity contribution in [2.75, 3.05) is 31.2 Å². The molecule has 0 saturated heterocycles. The highest BCUT2D eigenvalue weighted by molar-refractivity contribution is 8.33. The molecule has 1 unspecified atom stereocenters. The molecule has 2 heterocycles. The molecule has 2 aliphatic rings. The third-order valence-electron chi connectivity index (χ3n) is 6.42. The normalized spacial score (nSPS) is 22.0. The Bertz CT molecular complexity index is 761. The third-order valence-corrected chi connectivity index (χ3v) is 9.35. The number of nitrogens with one attached hydrogen (secondary N) is 2. The zero-order valence-electron chi connectivity index (χ0n) is 17.4. The first-order valence-corrected chi connectivity index (χ1v) is 12.2. The van der Waals surface area contributed by atoms with Crippen molar-refractivity contribution in [3.05, 3.63) is 11.3 Å². The van der Waals surface area contributed by atoms with Crippen LogP contribution >= 0.6 is 10.0 Å². The number of anilines is 1. The smallest absolute Gasteiger partial charge is 0.252 e. The molecular weight excluding hydrogens is 364 g/mol. The van der Waals surface area contributed by atoms with Crippen LogP contribution in [-0.2, 0) is 26.4 Å². The average molecular weight is 397 g/mol. The van der Waals surface area contributed by atoms with E-state index in [9.17, 15) is 9.59 Å². The number of ether oxygens (including phenoxy) is 1. The first-order chi connectivity index (χ1) is 12.5. The van der Waals surface area contributed by atoms with Crippen molar-refractivity contribution in [3.63, 3.8) is 0 Å². The SMILES string of the molecule is COC(C)C(=O)N1Cc2c(NC(=O)C3(S(C)(C)C)CCC3)n[nH]c2C1(C)C. The Morgan fingerprint density at radius 3 is 2.41 bits per heavy atom. The predicted molar refractivity (Wildman–Crippen MR) is 109 cm³/mol. The van der Waals surface area contributed by atoms with Gasteiger partial charge in [-0.15, -0.1) is 0 Å². The summed E-state index contributed by atoms with van der Waals surface area (Å²) in [7, 11) is 0.496. The van der Waals surface area contributed by atoms with Crippen LogP contribution in [0.3, 0.4) is 0 Å². The molecule has 0 spiro atoms. The number of aromatic amines is 1. The summed E-state index contributed by atoms with van der Waals surface area (Å²) >= 11 is 0. The first-order valence-electron chi connectivity index (χ1n) is 9.37. The largest absolute Gasteiger partial charge is 0.372 e. The number of methoxy groups -OCH3 is 1. The molecule has 1 aromatic heterocycles. The summed E-state index contributed by atoms with van der Waals surface area (Å²) in [5, 5.41) is 10.5. The van der Waals surface area contributed by atoms with Gasteiger partial charge in [0, 0.05) is 12.7 Å². The molecule has 3 rings (SSSR count). The van der Waals surface area contributed by atoms with E-state index in [1.165, 1.54) is 7.11 Å². The highest BCUT2D eigenvalue weighted by Gasteiger charge is 2.51. The van der Waals surface area contributed by atoms with Gasteiger partial charge in [0.05, 0.1) is 22.5 Å². The quantitative estimate of drug-likeness (QED) is 0.801. The van der Waals surface area contributed by atoms with E-state index in [0.29, 0.717) is 12.4 Å². The van der Waals surface area contributed by atoms with Crippen LogP contribution in [0.25, 0.3) is 0 Å². The minimum Gasteiger partial charge on any atom is -0.372 e. The van der Waals surface area contributed by atoms with Crippen LogP contribution in [0.5, 0.6) is 0 Å². The minimum atomic E-state index is -1.04. The number of H-pyrrole nitrogens is 1. The molecule has 0 bridgehead atoms. The Kier molecular flexibility index (Phi) is 4.87. The fourth-order valence-electron chi connectivity index (χ4n) is 4.13. The lowest BCUT2D eigenvalue weighted by molar-refractivity contribution is -0.146. The highest BCUT2D eigenvalue weighted by atomic mass is 32.3. The van der Waals surface area contributed by atoms with Gasteiger partial charge in [-0.2, -0.15) is 5.10 Å². The summed E-state index contributed by atoms with van der Waals surface area (Å²) in [6, 6.07) is 0. The third kappa shape index (κ3) is 2.97. The monoisotopic (exact) mass is 396 g/mol. The molecule has 2 N–H and O–H groups in total. The van der Waals surface area contributed by atoms with Gasteiger partial charge in [0.2, 0.25) is 5.91 Å². The van der Waals surface area contributed by atoms with Gasteiger partial charge in [-0.05, 0) is 58.8 Å². The molecule has 1 atom stereocenters. The number of aromatic nitrogens is 2. The summed E-state index contributed by atoms with van der Waals surface area (Å²) in [4.78, 5) is 27.7. The van der Waals surface area contributed by atoms with Crippen LogP contribution in [0, 0.1) is 0 Å². The Hall–Kier alpha value is -1.54. The molecule has 27 heavy (non-hydrogen) atoms. The average Bonchev–Trinajstić information content (AvgIpc) is 3.02. The summed E-state index contributed by atoms with van der Waals surface area (Å²) < 4.78 is 4.94. The van der Waals surface area contributed by atoms with Gasteiger partial charge < -0.3 is 15.0 Å². The summed E-state index contributed by atoms with van der Waals surface area (Å²) in [6.45, 7) is 6.13. The minimum absolute atomic E-state index is 0.0680. The van der Waals surface area contributed by atoms with Gasteiger partial charge in [0.1, 0.15) is 6.10 Å². The van der Waals surface area contributed by atoms with E-state index in [4.69, 9.17) is 4.74 Å². The second-order valence-electron chi connectivity index (χ2n) is 8.93. The second-order valence-corrected chi connectivity index (χ2v) is 13.4. The number of amides is 2. The molecule has 152 valence electrons. The van der Waals surface area contributed by atoms with E-state index >= 15 is 0 Å². The molecule has 1 fully saturated rings. The summed E-state index contributed by atoms with van der Waals surface area (Å²) in [5.74, 6) is 0.552. The maximum absolute atomic E-state index is 13.1. The number of hydrogen-bond acceptors (Lipinski definition) is 4. The number of nitrogens with zero attached hydrogens (tertiary/aromatic N) is 2. The van der Waals surface area contributed by atoms with Gasteiger partial charge in [-0.3, -0.25) is 14.7 Å². The lowest BCUT2D eigenvalue weighted by atomic mass is 9.83. The van der Waals surface area contributed by atoms with E-state index in [0.717, 1.165) is 30.5 Å². The van der Waals surface area contributed by atoms with E-state index in [1.54, 1.807) is 11.8 Å². The topological polar surface area (TPSA) is 87.3 Å². The van der Waals surface area contributed by atoms with Crippen LogP contribution < -0.4 is 5.32 Å². The van der Waals surface area contributed by atoms with Crippen molar-refractivity contribution in [1.82, 2.24) is 15.1 Å². The molecule has 1 aromatic rings. The maximum atomic E-state index is 13.1. The highest BCUT2D eigenvalue weighted by Crippen LogP contribution is 2.60. The molecule has 1 aliphatic carbocycles. The van der Waals surface area contributed by atoms with Crippen LogP contribution in [0.4, 0.5) is 5.82 Å². The van der Waals surface area contributed by atoms with Crippen molar-refractivity contribution < 1.29 is 14.3 Å². The fourth-order valence-corrected chi connectivity index (χ4v) is 6.25. The van der Waals surface area contributed by atoms with Crippen LogP contribution in [-0.4, -0.2) is 63.6 Å². The number of hydrogen-bond donors (Lipinski definition) is 2. The molecule has 1 aliphatic heterocycles. The Morgan fingerprint density at radius 1 is 1.30 bits per heavy atom. The Labute approximate surface area is 162 Å². The maximum Gasteiger partial charge on any atom is 0.252 e. The van der Waals surface area contributed by atoms with Crippen molar-refractivity contribution in [2.45, 2.75) is 63.0 Å². The molecule has 0 aromatic carbocycles. The molecule has 2 amide bonds. The zero-order chi connectivity index (χ0) is 20.2. The first kappa shape index (κ1) is 20.2. The summed E-state index contributed by atoms with van der Waals surface area (Å²) in [5.41, 5.74) is 1.24. The van der Waals surface area contributed by atoms with Gasteiger partial charge in [-0.1, -0.05) is 0 Å². The van der Waals surface area contributed by atoms with E-state index in [2.05, 4.69) is 34.3 Å². The number of fused-ring (bicyclic) bond motifs is 1. The molecule has 1 saturated carbocycles. The lowest BCUT2D eigenvalue weighted by Crippen LogP contribution is -2.51. The lowest BCUT2D eigenvalue weighted by Gasteiger charge is -2.53. The van der Waals surface area contributed by atoms with Gasteiger partial charge in [0.15, 0.2) is 5.82 Å². The van der Waals surface area contributed by atoms with Gasteiger partial charge in [0.25, 0.3) is 5.91 Å². The van der Waals surface area contributed by atoms with Crippen molar-refractivity contribution in [2.24, 2.45) is 0 Å². The Morgan fingerprint density at radius 2 is 1.93 bits per heavy atom. The fraction of sp³-hybridized carbons (Fsp3) is 0.737. The van der Waals surface area contributed by atoms with Crippen LogP contribution in [0.1, 0.15) is 51.3 Å². The van der Waals surface area contributed by atoms with E-state index in [1.807, 2.05) is 13.8 Å². The van der Waals surface area contributed by atoms with Crippen molar-refractivity contribution in [1.29, 1.82) is 0 Å². The van der Waals surface area contributed by atoms with Crippen LogP contribution in [0.15, 0.2) is 0 Å². The number of rotatable bonds is 5. The standard InChI is InChI=1S/C19H32N4O3S/c1-12(26-4)16(24)23-11-13-14(18(23,2)3)21-22-15(13)20-17(25)19(9-8-10-19)27(5,6)7/h12H,8-11H2,1-7H3,(H2,20,21,22,25).